The largest absolute Gasteiger partial charge is 0.327 e. The minimum atomic E-state index is 0.463. The van der Waals surface area contributed by atoms with Crippen LogP contribution < -0.4 is 5.73 Å². The number of benzene rings is 1. The Morgan fingerprint density at radius 2 is 1.88 bits per heavy atom. The van der Waals surface area contributed by atoms with Gasteiger partial charge in [-0.3, -0.25) is 0 Å². The van der Waals surface area contributed by atoms with Gasteiger partial charge in [-0.1, -0.05) is 31.0 Å². The molecule has 2 atom stereocenters. The Labute approximate surface area is 103 Å². The molecule has 0 amide bonds. The highest BCUT2D eigenvalue weighted by Crippen LogP contribution is 2.28. The van der Waals surface area contributed by atoms with E-state index in [1.54, 1.807) is 0 Å². The molecule has 1 aromatic rings. The highest BCUT2D eigenvalue weighted by Gasteiger charge is 2.20. The number of hydrogen-bond donors (Lipinski definition) is 1. The van der Waals surface area contributed by atoms with Crippen LogP contribution in [0.5, 0.6) is 0 Å². The molecule has 1 nitrogen and oxygen atoms in total. The van der Waals surface area contributed by atoms with Crippen LogP contribution in [0.1, 0.15) is 32.1 Å². The molecule has 0 saturated heterocycles. The molecule has 0 aromatic heterocycles. The van der Waals surface area contributed by atoms with Crippen molar-refractivity contribution in [2.45, 2.75) is 43.0 Å². The first kappa shape index (κ1) is 12.0. The highest BCUT2D eigenvalue weighted by molar-refractivity contribution is 7.99. The van der Waals surface area contributed by atoms with E-state index < -0.39 is 0 Å². The molecular weight excluding hydrogens is 214 g/mol. The first-order valence-electron chi connectivity index (χ1n) is 6.29. The first-order chi connectivity index (χ1) is 7.86. The van der Waals surface area contributed by atoms with E-state index in [1.807, 2.05) is 11.8 Å². The standard InChI is InChI=1S/C14H21NS/c15-14-9-5-4-6-12(14)10-11-16-13-7-2-1-3-8-13/h1-3,7-8,12,14H,4-6,9-11,15H2. The van der Waals surface area contributed by atoms with Crippen LogP contribution in [-0.2, 0) is 0 Å². The first-order valence-corrected chi connectivity index (χ1v) is 7.28. The van der Waals surface area contributed by atoms with E-state index in [9.17, 15) is 0 Å². The Kier molecular flexibility index (Phi) is 4.73. The second-order valence-corrected chi connectivity index (χ2v) is 5.83. The molecule has 0 spiro atoms. The van der Waals surface area contributed by atoms with Gasteiger partial charge in [0.05, 0.1) is 0 Å². The molecule has 0 bridgehead atoms. The Balaban J connectivity index is 1.71. The summed E-state index contributed by atoms with van der Waals surface area (Å²) in [6.45, 7) is 0. The van der Waals surface area contributed by atoms with Crippen LogP contribution in [0.15, 0.2) is 35.2 Å². The van der Waals surface area contributed by atoms with E-state index in [2.05, 4.69) is 30.3 Å². The van der Waals surface area contributed by atoms with E-state index in [1.165, 1.54) is 42.8 Å². The van der Waals surface area contributed by atoms with Gasteiger partial charge in [-0.05, 0) is 43.1 Å². The fraction of sp³-hybridized carbons (Fsp3) is 0.571. The molecule has 1 aromatic carbocycles. The summed E-state index contributed by atoms with van der Waals surface area (Å²) < 4.78 is 0. The fourth-order valence-corrected chi connectivity index (χ4v) is 3.45. The predicted molar refractivity (Wildman–Crippen MR) is 71.7 cm³/mol. The van der Waals surface area contributed by atoms with E-state index in [-0.39, 0.29) is 0 Å². The average molecular weight is 235 g/mol. The zero-order valence-electron chi connectivity index (χ0n) is 9.77. The minimum absolute atomic E-state index is 0.463. The molecule has 16 heavy (non-hydrogen) atoms. The van der Waals surface area contributed by atoms with Gasteiger partial charge < -0.3 is 5.73 Å². The van der Waals surface area contributed by atoms with Gasteiger partial charge >= 0.3 is 0 Å². The summed E-state index contributed by atoms with van der Waals surface area (Å²) in [6.07, 6.45) is 6.58. The summed E-state index contributed by atoms with van der Waals surface area (Å²) in [5, 5.41) is 0. The molecule has 0 radical (unpaired) electrons. The topological polar surface area (TPSA) is 26.0 Å². The Morgan fingerprint density at radius 3 is 2.62 bits per heavy atom. The summed E-state index contributed by atoms with van der Waals surface area (Å²) in [7, 11) is 0. The normalized spacial score (nSPS) is 25.6. The van der Waals surface area contributed by atoms with Gasteiger partial charge in [-0.25, -0.2) is 0 Å². The van der Waals surface area contributed by atoms with Crippen LogP contribution in [-0.4, -0.2) is 11.8 Å². The SMILES string of the molecule is NC1CCCCC1CCSc1ccccc1. The van der Waals surface area contributed by atoms with Crippen LogP contribution in [0, 0.1) is 5.92 Å². The van der Waals surface area contributed by atoms with Crippen molar-refractivity contribution in [3.05, 3.63) is 30.3 Å². The predicted octanol–water partition coefficient (Wildman–Crippen LogP) is 3.69. The Morgan fingerprint density at radius 1 is 1.12 bits per heavy atom. The smallest absolute Gasteiger partial charge is 0.00719 e. The molecule has 2 heteroatoms. The third-order valence-corrected chi connectivity index (χ3v) is 4.51. The Bertz CT molecular complexity index is 299. The maximum atomic E-state index is 6.15. The third kappa shape index (κ3) is 3.53. The molecular formula is C14H21NS. The van der Waals surface area contributed by atoms with Crippen molar-refractivity contribution < 1.29 is 0 Å². The minimum Gasteiger partial charge on any atom is -0.327 e. The second kappa shape index (κ2) is 6.31. The van der Waals surface area contributed by atoms with Crippen LogP contribution in [0.25, 0.3) is 0 Å². The molecule has 0 heterocycles. The van der Waals surface area contributed by atoms with Gasteiger partial charge in [-0.2, -0.15) is 0 Å². The summed E-state index contributed by atoms with van der Waals surface area (Å²) >= 11 is 1.96. The maximum absolute atomic E-state index is 6.15. The number of nitrogens with two attached hydrogens (primary N) is 1. The molecule has 2 rings (SSSR count). The molecule has 1 fully saturated rings. The van der Waals surface area contributed by atoms with Crippen molar-refractivity contribution in [3.63, 3.8) is 0 Å². The maximum Gasteiger partial charge on any atom is 0.00719 e. The van der Waals surface area contributed by atoms with E-state index in [0.717, 1.165) is 5.92 Å². The van der Waals surface area contributed by atoms with Gasteiger partial charge in [0.25, 0.3) is 0 Å². The van der Waals surface area contributed by atoms with Gasteiger partial charge in [-0.15, -0.1) is 11.8 Å². The second-order valence-electron chi connectivity index (χ2n) is 4.66. The fourth-order valence-electron chi connectivity index (χ4n) is 2.44. The van der Waals surface area contributed by atoms with Crippen LogP contribution >= 0.6 is 11.8 Å². The number of hydrogen-bond acceptors (Lipinski definition) is 2. The van der Waals surface area contributed by atoms with Crippen molar-refractivity contribution in [2.75, 3.05) is 5.75 Å². The molecule has 0 aliphatic heterocycles. The van der Waals surface area contributed by atoms with E-state index >= 15 is 0 Å². The average Bonchev–Trinajstić information content (AvgIpc) is 2.33. The highest BCUT2D eigenvalue weighted by atomic mass is 32.2. The molecule has 2 N–H and O–H groups in total. The lowest BCUT2D eigenvalue weighted by Crippen LogP contribution is -2.33. The van der Waals surface area contributed by atoms with Crippen molar-refractivity contribution in [3.8, 4) is 0 Å². The van der Waals surface area contributed by atoms with Crippen molar-refractivity contribution in [1.29, 1.82) is 0 Å². The zero-order valence-corrected chi connectivity index (χ0v) is 10.6. The quantitative estimate of drug-likeness (QED) is 0.806. The lowest BCUT2D eigenvalue weighted by Gasteiger charge is -2.28. The molecule has 88 valence electrons. The van der Waals surface area contributed by atoms with Crippen molar-refractivity contribution in [1.82, 2.24) is 0 Å². The summed E-state index contributed by atoms with van der Waals surface area (Å²) in [5.41, 5.74) is 6.15. The van der Waals surface area contributed by atoms with E-state index in [4.69, 9.17) is 5.73 Å². The van der Waals surface area contributed by atoms with Crippen molar-refractivity contribution in [2.24, 2.45) is 11.7 Å². The monoisotopic (exact) mass is 235 g/mol. The van der Waals surface area contributed by atoms with Gasteiger partial charge in [0.1, 0.15) is 0 Å². The third-order valence-electron chi connectivity index (χ3n) is 3.47. The van der Waals surface area contributed by atoms with Crippen molar-refractivity contribution >= 4 is 11.8 Å². The van der Waals surface area contributed by atoms with Crippen LogP contribution in [0.2, 0.25) is 0 Å². The van der Waals surface area contributed by atoms with Crippen LogP contribution in [0.4, 0.5) is 0 Å². The molecule has 1 saturated carbocycles. The summed E-state index contributed by atoms with van der Waals surface area (Å²) in [4.78, 5) is 1.38. The molecule has 1 aliphatic carbocycles. The number of thioether (sulfide) groups is 1. The van der Waals surface area contributed by atoms with Crippen LogP contribution in [0.3, 0.4) is 0 Å². The lowest BCUT2D eigenvalue weighted by molar-refractivity contribution is 0.302. The molecule has 1 aliphatic rings. The summed E-state index contributed by atoms with van der Waals surface area (Å²) in [5.74, 6) is 1.98. The lowest BCUT2D eigenvalue weighted by atomic mass is 9.83. The van der Waals surface area contributed by atoms with Gasteiger partial charge in [0, 0.05) is 10.9 Å². The van der Waals surface area contributed by atoms with Gasteiger partial charge in [0.2, 0.25) is 0 Å². The van der Waals surface area contributed by atoms with Gasteiger partial charge in [0.15, 0.2) is 0 Å². The summed E-state index contributed by atoms with van der Waals surface area (Å²) in [6, 6.07) is 11.1. The van der Waals surface area contributed by atoms with E-state index in [0.29, 0.717) is 6.04 Å². The number of rotatable bonds is 4. The molecule has 2 unspecified atom stereocenters. The zero-order chi connectivity index (χ0) is 11.2. The Hall–Kier alpha value is -0.470.